The van der Waals surface area contributed by atoms with Crippen LogP contribution < -0.4 is 5.56 Å². The summed E-state index contributed by atoms with van der Waals surface area (Å²) in [6, 6.07) is 3.24. The second-order valence-electron chi connectivity index (χ2n) is 6.15. The van der Waals surface area contributed by atoms with Crippen LogP contribution in [-0.2, 0) is 6.18 Å². The second-order valence-corrected chi connectivity index (χ2v) is 6.15. The number of halogens is 3. The summed E-state index contributed by atoms with van der Waals surface area (Å²) in [7, 11) is 0. The van der Waals surface area contributed by atoms with Crippen LogP contribution in [0.25, 0.3) is 11.4 Å². The van der Waals surface area contributed by atoms with Crippen LogP contribution in [0.15, 0.2) is 40.0 Å². The van der Waals surface area contributed by atoms with Crippen LogP contribution in [0.4, 0.5) is 13.2 Å². The molecule has 7 nitrogen and oxygen atoms in total. The average Bonchev–Trinajstić information content (AvgIpc) is 3.33. The number of alkyl halides is 3. The van der Waals surface area contributed by atoms with Crippen molar-refractivity contribution >= 4 is 0 Å². The summed E-state index contributed by atoms with van der Waals surface area (Å²) in [5.41, 5.74) is 0.238. The number of hydrogen-bond acceptors (Lipinski definition) is 5. The monoisotopic (exact) mass is 365 g/mol. The molecule has 1 fully saturated rings. The number of aromatic amines is 1. The SMILES string of the molecule is O=c1[nH]ccc(-c2noc(C(F)(F)F)n2)c1C1CCCC1n1cccn1. The van der Waals surface area contributed by atoms with Gasteiger partial charge in [0, 0.05) is 35.6 Å². The Morgan fingerprint density at radius 1 is 1.31 bits per heavy atom. The molecule has 1 N–H and O–H groups in total. The van der Waals surface area contributed by atoms with Crippen molar-refractivity contribution in [1.82, 2.24) is 24.9 Å². The van der Waals surface area contributed by atoms with Gasteiger partial charge in [0.1, 0.15) is 0 Å². The summed E-state index contributed by atoms with van der Waals surface area (Å²) in [5, 5.41) is 7.68. The predicted molar refractivity (Wildman–Crippen MR) is 83.2 cm³/mol. The Morgan fingerprint density at radius 3 is 2.85 bits per heavy atom. The third kappa shape index (κ3) is 2.80. The smallest absolute Gasteiger partial charge is 0.329 e. The van der Waals surface area contributed by atoms with E-state index in [9.17, 15) is 18.0 Å². The molecule has 3 aromatic rings. The van der Waals surface area contributed by atoms with E-state index in [1.165, 1.54) is 12.3 Å². The molecule has 0 radical (unpaired) electrons. The van der Waals surface area contributed by atoms with Crippen LogP contribution in [0.1, 0.15) is 42.7 Å². The minimum atomic E-state index is -4.74. The maximum Gasteiger partial charge on any atom is 0.471 e. The summed E-state index contributed by atoms with van der Waals surface area (Å²) in [4.78, 5) is 18.6. The van der Waals surface area contributed by atoms with E-state index in [1.807, 2.05) is 6.20 Å². The highest BCUT2D eigenvalue weighted by molar-refractivity contribution is 5.60. The molecule has 2 unspecified atom stereocenters. The van der Waals surface area contributed by atoms with Crippen LogP contribution in [0.5, 0.6) is 0 Å². The van der Waals surface area contributed by atoms with E-state index in [2.05, 4.69) is 24.7 Å². The van der Waals surface area contributed by atoms with Crippen molar-refractivity contribution < 1.29 is 17.7 Å². The first-order chi connectivity index (χ1) is 12.4. The van der Waals surface area contributed by atoms with Crippen molar-refractivity contribution in [2.75, 3.05) is 0 Å². The van der Waals surface area contributed by atoms with Crippen LogP contribution in [0, 0.1) is 0 Å². The van der Waals surface area contributed by atoms with Gasteiger partial charge in [-0.2, -0.15) is 23.3 Å². The van der Waals surface area contributed by atoms with Crippen molar-refractivity contribution in [3.8, 4) is 11.4 Å². The number of nitrogens with zero attached hydrogens (tertiary/aromatic N) is 4. The van der Waals surface area contributed by atoms with Gasteiger partial charge in [-0.15, -0.1) is 0 Å². The van der Waals surface area contributed by atoms with Gasteiger partial charge >= 0.3 is 12.1 Å². The van der Waals surface area contributed by atoms with Gasteiger partial charge in [0.05, 0.1) is 6.04 Å². The zero-order valence-corrected chi connectivity index (χ0v) is 13.4. The molecule has 1 aliphatic carbocycles. The predicted octanol–water partition coefficient (Wildman–Crippen LogP) is 3.15. The first-order valence-electron chi connectivity index (χ1n) is 8.07. The maximum atomic E-state index is 12.8. The molecule has 0 amide bonds. The van der Waals surface area contributed by atoms with Gasteiger partial charge in [0.15, 0.2) is 0 Å². The molecule has 0 aliphatic heterocycles. The quantitative estimate of drug-likeness (QED) is 0.770. The fourth-order valence-corrected chi connectivity index (χ4v) is 3.57. The number of pyridine rings is 1. The van der Waals surface area contributed by atoms with E-state index < -0.39 is 12.1 Å². The molecule has 10 heteroatoms. The first kappa shape index (κ1) is 16.6. The molecule has 3 heterocycles. The third-order valence-electron chi connectivity index (χ3n) is 4.62. The van der Waals surface area contributed by atoms with Crippen molar-refractivity contribution in [2.45, 2.75) is 37.4 Å². The Balaban J connectivity index is 1.80. The van der Waals surface area contributed by atoms with Crippen LogP contribution in [-0.4, -0.2) is 24.9 Å². The summed E-state index contributed by atoms with van der Waals surface area (Å²) in [6.45, 7) is 0. The lowest BCUT2D eigenvalue weighted by Gasteiger charge is -2.21. The Kier molecular flexibility index (Phi) is 3.89. The fourth-order valence-electron chi connectivity index (χ4n) is 3.57. The zero-order valence-electron chi connectivity index (χ0n) is 13.4. The lowest BCUT2D eigenvalue weighted by Crippen LogP contribution is -2.22. The molecule has 1 saturated carbocycles. The Morgan fingerprint density at radius 2 is 2.15 bits per heavy atom. The minimum Gasteiger partial charge on any atom is -0.329 e. The first-order valence-corrected chi connectivity index (χ1v) is 8.07. The Labute approximate surface area is 144 Å². The molecule has 4 rings (SSSR count). The molecule has 136 valence electrons. The number of rotatable bonds is 3. The standard InChI is InChI=1S/C16H14F3N5O2/c17-16(18,19)15-22-13(23-26-15)10-5-7-20-14(25)12(10)9-3-1-4-11(9)24-8-2-6-21-24/h2,5-9,11H,1,3-4H2,(H,20,25). The molecular formula is C16H14F3N5O2. The number of nitrogens with one attached hydrogen (secondary N) is 1. The molecule has 0 spiro atoms. The topological polar surface area (TPSA) is 89.6 Å². The summed E-state index contributed by atoms with van der Waals surface area (Å²) >= 11 is 0. The lowest BCUT2D eigenvalue weighted by molar-refractivity contribution is -0.159. The van der Waals surface area contributed by atoms with Crippen molar-refractivity contribution in [3.63, 3.8) is 0 Å². The number of hydrogen-bond donors (Lipinski definition) is 1. The van der Waals surface area contributed by atoms with Gasteiger partial charge in [-0.05, 0) is 25.0 Å². The second kappa shape index (κ2) is 6.11. The molecule has 2 atom stereocenters. The summed E-state index contributed by atoms with van der Waals surface area (Å²) in [5.74, 6) is -1.89. The molecule has 0 bridgehead atoms. The number of aromatic nitrogens is 5. The van der Waals surface area contributed by atoms with E-state index in [-0.39, 0.29) is 28.9 Å². The molecule has 0 aromatic carbocycles. The maximum absolute atomic E-state index is 12.8. The molecular weight excluding hydrogens is 351 g/mol. The molecule has 1 aliphatic rings. The average molecular weight is 365 g/mol. The zero-order chi connectivity index (χ0) is 18.3. The largest absolute Gasteiger partial charge is 0.471 e. The Hall–Kier alpha value is -2.91. The highest BCUT2D eigenvalue weighted by Gasteiger charge is 2.40. The Bertz CT molecular complexity index is 961. The summed E-state index contributed by atoms with van der Waals surface area (Å²) in [6.07, 6.45) is 2.51. The van der Waals surface area contributed by atoms with Gasteiger partial charge in [0.2, 0.25) is 5.82 Å². The molecule has 26 heavy (non-hydrogen) atoms. The molecule has 0 saturated heterocycles. The van der Waals surface area contributed by atoms with E-state index in [0.717, 1.165) is 12.8 Å². The van der Waals surface area contributed by atoms with Gasteiger partial charge in [0.25, 0.3) is 5.56 Å². The normalized spacial score (nSPS) is 20.6. The number of H-pyrrole nitrogens is 1. The van der Waals surface area contributed by atoms with Crippen molar-refractivity contribution in [1.29, 1.82) is 0 Å². The third-order valence-corrected chi connectivity index (χ3v) is 4.62. The highest BCUT2D eigenvalue weighted by Crippen LogP contribution is 2.44. The van der Waals surface area contributed by atoms with Crippen molar-refractivity contribution in [2.24, 2.45) is 0 Å². The summed E-state index contributed by atoms with van der Waals surface area (Å²) < 4.78 is 44.4. The van der Waals surface area contributed by atoms with Gasteiger partial charge in [-0.25, -0.2) is 0 Å². The van der Waals surface area contributed by atoms with E-state index >= 15 is 0 Å². The van der Waals surface area contributed by atoms with Crippen LogP contribution >= 0.6 is 0 Å². The van der Waals surface area contributed by atoms with Gasteiger partial charge in [-0.1, -0.05) is 11.6 Å². The van der Waals surface area contributed by atoms with E-state index in [4.69, 9.17) is 0 Å². The van der Waals surface area contributed by atoms with E-state index in [0.29, 0.717) is 12.0 Å². The van der Waals surface area contributed by atoms with E-state index in [1.54, 1.807) is 16.9 Å². The minimum absolute atomic E-state index is 0.0544. The fraction of sp³-hybridized carbons (Fsp3) is 0.375. The van der Waals surface area contributed by atoms with Gasteiger partial charge < -0.3 is 9.51 Å². The highest BCUT2D eigenvalue weighted by atomic mass is 19.4. The molecule has 3 aromatic heterocycles. The van der Waals surface area contributed by atoms with Gasteiger partial charge in [-0.3, -0.25) is 9.48 Å². The van der Waals surface area contributed by atoms with Crippen LogP contribution in [0.3, 0.4) is 0 Å². The lowest BCUT2D eigenvalue weighted by atomic mass is 9.91. The van der Waals surface area contributed by atoms with Crippen molar-refractivity contribution in [3.05, 3.63) is 52.5 Å². The van der Waals surface area contributed by atoms with Crippen LogP contribution in [0.2, 0.25) is 0 Å².